The van der Waals surface area contributed by atoms with Gasteiger partial charge in [0, 0.05) is 25.2 Å². The maximum Gasteiger partial charge on any atom is 0.392 e. The Bertz CT molecular complexity index is 462. The predicted octanol–water partition coefficient (Wildman–Crippen LogP) is 2.29. The van der Waals surface area contributed by atoms with Gasteiger partial charge in [-0.15, -0.1) is 0 Å². The Labute approximate surface area is 96.6 Å². The van der Waals surface area contributed by atoms with Crippen molar-refractivity contribution in [1.29, 1.82) is 0 Å². The fourth-order valence-electron chi connectivity index (χ4n) is 2.35. The van der Waals surface area contributed by atoms with E-state index in [1.807, 2.05) is 0 Å². The highest BCUT2D eigenvalue weighted by atomic mass is 19.4. The van der Waals surface area contributed by atoms with Crippen molar-refractivity contribution >= 4 is 5.78 Å². The van der Waals surface area contributed by atoms with Crippen LogP contribution in [0.3, 0.4) is 0 Å². The lowest BCUT2D eigenvalue weighted by molar-refractivity contribution is -0.177. The fourth-order valence-corrected chi connectivity index (χ4v) is 2.35. The van der Waals surface area contributed by atoms with Crippen molar-refractivity contribution in [2.24, 2.45) is 13.0 Å². The third-order valence-electron chi connectivity index (χ3n) is 3.25. The molecule has 0 spiro atoms. The Morgan fingerprint density at radius 2 is 2.12 bits per heavy atom. The van der Waals surface area contributed by atoms with E-state index in [4.69, 9.17) is 0 Å². The number of hydrogen-bond donors (Lipinski definition) is 0. The normalized spacial score (nSPS) is 20.2. The molecule has 0 N–H and O–H groups in total. The molecule has 0 aliphatic heterocycles. The number of aromatic nitrogens is 2. The number of carbonyl (C=O) groups excluding carboxylic acids is 1. The van der Waals surface area contributed by atoms with Crippen LogP contribution in [0.5, 0.6) is 0 Å². The molecule has 0 saturated carbocycles. The molecule has 1 atom stereocenters. The SMILES string of the molecule is CC(=O)c1nn(C)c2c1C[C@@H](C(F)(F)F)CC2. The van der Waals surface area contributed by atoms with Crippen LogP contribution < -0.4 is 0 Å². The molecule has 0 amide bonds. The average Bonchev–Trinajstić information content (AvgIpc) is 2.54. The Hall–Kier alpha value is -1.33. The molecule has 1 aromatic heterocycles. The number of alkyl halides is 3. The summed E-state index contributed by atoms with van der Waals surface area (Å²) >= 11 is 0. The van der Waals surface area contributed by atoms with Crippen LogP contribution in [0.4, 0.5) is 13.2 Å². The third-order valence-corrected chi connectivity index (χ3v) is 3.25. The molecule has 6 heteroatoms. The van der Waals surface area contributed by atoms with Gasteiger partial charge in [-0.2, -0.15) is 18.3 Å². The number of nitrogens with zero attached hydrogens (tertiary/aromatic N) is 2. The standard InChI is InChI=1S/C11H13F3N2O/c1-6(17)10-8-5-7(11(12,13)14)3-4-9(8)16(2)15-10/h7H,3-5H2,1-2H3/t7-/m0/s1. The first-order valence-corrected chi connectivity index (χ1v) is 5.43. The quantitative estimate of drug-likeness (QED) is 0.712. The molecule has 1 aliphatic rings. The number of rotatable bonds is 1. The van der Waals surface area contributed by atoms with Gasteiger partial charge < -0.3 is 0 Å². The van der Waals surface area contributed by atoms with Crippen molar-refractivity contribution < 1.29 is 18.0 Å². The summed E-state index contributed by atoms with van der Waals surface area (Å²) in [5.41, 5.74) is 1.43. The van der Waals surface area contributed by atoms with Crippen molar-refractivity contribution in [2.75, 3.05) is 0 Å². The van der Waals surface area contributed by atoms with Crippen LogP contribution in [-0.2, 0) is 19.9 Å². The lowest BCUT2D eigenvalue weighted by atomic mass is 9.85. The maximum atomic E-state index is 12.7. The largest absolute Gasteiger partial charge is 0.392 e. The smallest absolute Gasteiger partial charge is 0.293 e. The summed E-state index contributed by atoms with van der Waals surface area (Å²) in [6.07, 6.45) is -3.91. The van der Waals surface area contributed by atoms with Crippen molar-refractivity contribution in [3.63, 3.8) is 0 Å². The van der Waals surface area contributed by atoms with E-state index < -0.39 is 12.1 Å². The highest BCUT2D eigenvalue weighted by Gasteiger charge is 2.42. The highest BCUT2D eigenvalue weighted by molar-refractivity contribution is 5.93. The van der Waals surface area contributed by atoms with E-state index in [2.05, 4.69) is 5.10 Å². The molecular weight excluding hydrogens is 233 g/mol. The van der Waals surface area contributed by atoms with Crippen molar-refractivity contribution in [3.05, 3.63) is 17.0 Å². The zero-order valence-corrected chi connectivity index (χ0v) is 9.64. The second-order valence-electron chi connectivity index (χ2n) is 4.43. The Morgan fingerprint density at radius 1 is 1.47 bits per heavy atom. The first-order chi connectivity index (χ1) is 7.80. The minimum atomic E-state index is -4.19. The zero-order chi connectivity index (χ0) is 12.8. The number of halogens is 3. The summed E-state index contributed by atoms with van der Waals surface area (Å²) in [7, 11) is 1.67. The van der Waals surface area contributed by atoms with Gasteiger partial charge in [-0.3, -0.25) is 9.48 Å². The van der Waals surface area contributed by atoms with Gasteiger partial charge in [-0.1, -0.05) is 0 Å². The van der Waals surface area contributed by atoms with E-state index in [-0.39, 0.29) is 24.3 Å². The van der Waals surface area contributed by atoms with E-state index >= 15 is 0 Å². The minimum absolute atomic E-state index is 0.0768. The van der Waals surface area contributed by atoms with Crippen molar-refractivity contribution in [3.8, 4) is 0 Å². The molecule has 0 unspecified atom stereocenters. The summed E-state index contributed by atoms with van der Waals surface area (Å²) in [6.45, 7) is 1.33. The molecule has 0 saturated heterocycles. The van der Waals surface area contributed by atoms with Crippen LogP contribution >= 0.6 is 0 Å². The Kier molecular flexibility index (Phi) is 2.75. The average molecular weight is 246 g/mol. The van der Waals surface area contributed by atoms with Gasteiger partial charge in [-0.25, -0.2) is 0 Å². The highest BCUT2D eigenvalue weighted by Crippen LogP contribution is 2.37. The molecular formula is C11H13F3N2O. The number of ketones is 1. The molecule has 94 valence electrons. The summed E-state index contributed by atoms with van der Waals surface area (Å²) < 4.78 is 39.5. The van der Waals surface area contributed by atoms with Crippen molar-refractivity contribution in [1.82, 2.24) is 9.78 Å². The molecule has 2 rings (SSSR count). The van der Waals surface area contributed by atoms with Gasteiger partial charge in [0.25, 0.3) is 0 Å². The van der Waals surface area contributed by atoms with Gasteiger partial charge in [-0.05, 0) is 19.3 Å². The number of Topliss-reactive ketones (excluding diaryl/α,β-unsaturated/α-hetero) is 1. The summed E-state index contributed by atoms with van der Waals surface area (Å²) in [5.74, 6) is -1.62. The molecule has 0 aromatic carbocycles. The molecule has 0 bridgehead atoms. The minimum Gasteiger partial charge on any atom is -0.293 e. The van der Waals surface area contributed by atoms with Crippen LogP contribution in [0.1, 0.15) is 35.1 Å². The van der Waals surface area contributed by atoms with E-state index in [0.29, 0.717) is 12.0 Å². The lowest BCUT2D eigenvalue weighted by Gasteiger charge is -2.24. The van der Waals surface area contributed by atoms with E-state index in [0.717, 1.165) is 5.69 Å². The van der Waals surface area contributed by atoms with Gasteiger partial charge >= 0.3 is 6.18 Å². The molecule has 1 aliphatic carbocycles. The van der Waals surface area contributed by atoms with E-state index in [1.54, 1.807) is 7.05 Å². The third kappa shape index (κ3) is 2.08. The van der Waals surface area contributed by atoms with Crippen LogP contribution in [0.15, 0.2) is 0 Å². The first-order valence-electron chi connectivity index (χ1n) is 5.43. The second-order valence-corrected chi connectivity index (χ2v) is 4.43. The summed E-state index contributed by atoms with van der Waals surface area (Å²) in [5, 5.41) is 4.01. The summed E-state index contributed by atoms with van der Waals surface area (Å²) in [4.78, 5) is 11.3. The van der Waals surface area contributed by atoms with Gasteiger partial charge in [0.05, 0.1) is 5.92 Å². The number of carbonyl (C=O) groups is 1. The van der Waals surface area contributed by atoms with Gasteiger partial charge in [0.2, 0.25) is 0 Å². The molecule has 17 heavy (non-hydrogen) atoms. The number of fused-ring (bicyclic) bond motifs is 1. The first kappa shape index (κ1) is 12.1. The molecule has 3 nitrogen and oxygen atoms in total. The topological polar surface area (TPSA) is 34.9 Å². The maximum absolute atomic E-state index is 12.7. The van der Waals surface area contributed by atoms with Crippen LogP contribution in [0, 0.1) is 5.92 Å². The second kappa shape index (κ2) is 3.85. The van der Waals surface area contributed by atoms with E-state index in [1.165, 1.54) is 11.6 Å². The van der Waals surface area contributed by atoms with Gasteiger partial charge in [0.15, 0.2) is 5.78 Å². The molecule has 1 heterocycles. The number of aryl methyl sites for hydroxylation is 1. The molecule has 1 aromatic rings. The van der Waals surface area contributed by atoms with Crippen molar-refractivity contribution in [2.45, 2.75) is 32.4 Å². The lowest BCUT2D eigenvalue weighted by Crippen LogP contribution is -2.29. The summed E-state index contributed by atoms with van der Waals surface area (Å²) in [6, 6.07) is 0. The predicted molar refractivity (Wildman–Crippen MR) is 54.8 cm³/mol. The van der Waals surface area contributed by atoms with Crippen LogP contribution in [-0.4, -0.2) is 21.7 Å². The number of hydrogen-bond acceptors (Lipinski definition) is 2. The van der Waals surface area contributed by atoms with Gasteiger partial charge in [0.1, 0.15) is 5.69 Å². The zero-order valence-electron chi connectivity index (χ0n) is 9.64. The Morgan fingerprint density at radius 3 is 2.65 bits per heavy atom. The fraction of sp³-hybridized carbons (Fsp3) is 0.636. The van der Waals surface area contributed by atoms with Crippen LogP contribution in [0.25, 0.3) is 0 Å². The molecule has 0 fully saturated rings. The van der Waals surface area contributed by atoms with Crippen LogP contribution in [0.2, 0.25) is 0 Å². The molecule has 0 radical (unpaired) electrons. The Balaban J connectivity index is 2.39. The monoisotopic (exact) mass is 246 g/mol. The van der Waals surface area contributed by atoms with E-state index in [9.17, 15) is 18.0 Å².